The Bertz CT molecular complexity index is 679. The van der Waals surface area contributed by atoms with Gasteiger partial charge in [-0.05, 0) is 31.3 Å². The molecule has 28 heavy (non-hydrogen) atoms. The van der Waals surface area contributed by atoms with Crippen LogP contribution in [0.4, 0.5) is 10.5 Å². The van der Waals surface area contributed by atoms with Gasteiger partial charge in [-0.1, -0.05) is 0 Å². The fraction of sp³-hybridized carbons (Fsp3) is 0.632. The van der Waals surface area contributed by atoms with Crippen LogP contribution < -0.4 is 15.4 Å². The number of aliphatic hydroxyl groups is 1. The number of likely N-dealkylation sites (N-methyl/N-ethyl adjacent to an activating group) is 1. The van der Waals surface area contributed by atoms with Crippen molar-refractivity contribution in [1.29, 1.82) is 0 Å². The van der Waals surface area contributed by atoms with Crippen molar-refractivity contribution < 1.29 is 24.1 Å². The number of urea groups is 1. The van der Waals surface area contributed by atoms with Gasteiger partial charge in [-0.2, -0.15) is 0 Å². The smallest absolute Gasteiger partial charge is 0.319 e. The lowest BCUT2D eigenvalue weighted by Gasteiger charge is -2.46. The van der Waals surface area contributed by atoms with Gasteiger partial charge in [-0.3, -0.25) is 4.90 Å². The number of ether oxygens (including phenoxy) is 3. The van der Waals surface area contributed by atoms with Gasteiger partial charge in [0.1, 0.15) is 11.9 Å². The summed E-state index contributed by atoms with van der Waals surface area (Å²) in [6.07, 6.45) is -1.58. The van der Waals surface area contributed by atoms with Gasteiger partial charge in [-0.25, -0.2) is 4.79 Å². The minimum absolute atomic E-state index is 0.293. The lowest BCUT2D eigenvalue weighted by Crippen LogP contribution is -2.67. The Balaban J connectivity index is 1.40. The number of nitrogens with zero attached hydrogens (tertiary/aromatic N) is 2. The van der Waals surface area contributed by atoms with Gasteiger partial charge >= 0.3 is 6.03 Å². The van der Waals surface area contributed by atoms with Crippen LogP contribution in [0.1, 0.15) is 0 Å². The Morgan fingerprint density at radius 3 is 2.61 bits per heavy atom. The molecule has 0 aliphatic carbocycles. The van der Waals surface area contributed by atoms with E-state index in [1.54, 1.807) is 31.4 Å². The molecule has 4 rings (SSSR count). The summed E-state index contributed by atoms with van der Waals surface area (Å²) in [6, 6.07) is 5.84. The predicted octanol–water partition coefficient (Wildman–Crippen LogP) is -0.0827. The second kappa shape index (κ2) is 8.22. The summed E-state index contributed by atoms with van der Waals surface area (Å²) in [5, 5.41) is 16.7. The maximum atomic E-state index is 12.5. The molecular formula is C19H28N4O5. The average Bonchev–Trinajstić information content (AvgIpc) is 3.13. The number of fused-ring (bicyclic) bond motifs is 2. The molecule has 3 heterocycles. The number of anilines is 1. The van der Waals surface area contributed by atoms with Crippen LogP contribution in [0.2, 0.25) is 0 Å². The van der Waals surface area contributed by atoms with Crippen molar-refractivity contribution in [2.45, 2.75) is 30.6 Å². The number of amides is 2. The van der Waals surface area contributed by atoms with Crippen molar-refractivity contribution in [3.8, 4) is 5.75 Å². The Hall–Kier alpha value is -1.91. The maximum absolute atomic E-state index is 12.5. The molecule has 9 heteroatoms. The molecule has 3 N–H and O–H groups in total. The first-order valence-electron chi connectivity index (χ1n) is 9.64. The molecule has 9 nitrogen and oxygen atoms in total. The molecule has 154 valence electrons. The van der Waals surface area contributed by atoms with Gasteiger partial charge in [0.25, 0.3) is 0 Å². The summed E-state index contributed by atoms with van der Waals surface area (Å²) in [5.41, 5.74) is 0.640. The van der Waals surface area contributed by atoms with Gasteiger partial charge in [0.05, 0.1) is 31.9 Å². The fourth-order valence-corrected chi connectivity index (χ4v) is 4.08. The van der Waals surface area contributed by atoms with Crippen molar-refractivity contribution in [2.75, 3.05) is 52.3 Å². The van der Waals surface area contributed by atoms with Gasteiger partial charge in [0.15, 0.2) is 6.29 Å². The number of hydrogen-bond acceptors (Lipinski definition) is 7. The van der Waals surface area contributed by atoms with Crippen molar-refractivity contribution in [3.63, 3.8) is 0 Å². The van der Waals surface area contributed by atoms with Gasteiger partial charge in [0.2, 0.25) is 0 Å². The predicted molar refractivity (Wildman–Crippen MR) is 102 cm³/mol. The Labute approximate surface area is 164 Å². The highest BCUT2D eigenvalue weighted by atomic mass is 16.7. The van der Waals surface area contributed by atoms with Gasteiger partial charge in [-0.15, -0.1) is 0 Å². The lowest BCUT2D eigenvalue weighted by atomic mass is 9.94. The van der Waals surface area contributed by atoms with Crippen LogP contribution in [0.3, 0.4) is 0 Å². The third-order valence-electron chi connectivity index (χ3n) is 5.74. The molecular weight excluding hydrogens is 364 g/mol. The molecule has 0 radical (unpaired) electrons. The van der Waals surface area contributed by atoms with Crippen LogP contribution >= 0.6 is 0 Å². The first-order chi connectivity index (χ1) is 13.5. The highest BCUT2D eigenvalue weighted by Gasteiger charge is 2.52. The second-order valence-electron chi connectivity index (χ2n) is 7.55. The van der Waals surface area contributed by atoms with Crippen LogP contribution in [-0.2, 0) is 9.47 Å². The summed E-state index contributed by atoms with van der Waals surface area (Å²) >= 11 is 0. The second-order valence-corrected chi connectivity index (χ2v) is 7.55. The van der Waals surface area contributed by atoms with Crippen LogP contribution in [0.15, 0.2) is 24.3 Å². The Morgan fingerprint density at radius 1 is 1.21 bits per heavy atom. The van der Waals surface area contributed by atoms with E-state index in [1.807, 2.05) is 0 Å². The number of rotatable bonds is 4. The molecule has 0 spiro atoms. The van der Waals surface area contributed by atoms with E-state index in [2.05, 4.69) is 27.5 Å². The molecule has 1 aromatic rings. The topological polar surface area (TPSA) is 95.5 Å². The molecule has 1 aromatic carbocycles. The van der Waals surface area contributed by atoms with Crippen molar-refractivity contribution in [3.05, 3.63) is 24.3 Å². The minimum Gasteiger partial charge on any atom is -0.497 e. The summed E-state index contributed by atoms with van der Waals surface area (Å²) < 4.78 is 16.8. The number of methoxy groups -OCH3 is 1. The maximum Gasteiger partial charge on any atom is 0.319 e. The average molecular weight is 392 g/mol. The summed E-state index contributed by atoms with van der Waals surface area (Å²) in [6.45, 7) is 3.87. The van der Waals surface area contributed by atoms with E-state index in [1.165, 1.54) is 0 Å². The highest BCUT2D eigenvalue weighted by Crippen LogP contribution is 2.32. The van der Waals surface area contributed by atoms with Gasteiger partial charge in [0, 0.05) is 31.9 Å². The molecule has 3 aliphatic rings. The molecule has 3 fully saturated rings. The third kappa shape index (κ3) is 3.94. The number of carbonyl (C=O) groups is 1. The van der Waals surface area contributed by atoms with Gasteiger partial charge < -0.3 is 34.9 Å². The quantitative estimate of drug-likeness (QED) is 0.660. The molecule has 2 amide bonds. The molecule has 0 aromatic heterocycles. The largest absolute Gasteiger partial charge is 0.497 e. The molecule has 0 unspecified atom stereocenters. The normalized spacial score (nSPS) is 33.5. The van der Waals surface area contributed by atoms with Crippen LogP contribution in [0.25, 0.3) is 0 Å². The number of benzene rings is 1. The zero-order valence-electron chi connectivity index (χ0n) is 16.2. The molecule has 3 saturated heterocycles. The Kier molecular flexibility index (Phi) is 5.70. The monoisotopic (exact) mass is 392 g/mol. The summed E-state index contributed by atoms with van der Waals surface area (Å²) in [5.74, 6) is 0.714. The fourth-order valence-electron chi connectivity index (χ4n) is 4.08. The minimum atomic E-state index is -0.767. The zero-order chi connectivity index (χ0) is 19.7. The lowest BCUT2D eigenvalue weighted by molar-refractivity contribution is -0.184. The number of aliphatic hydroxyl groups excluding tert-OH is 1. The number of carbonyl (C=O) groups excluding carboxylic acids is 1. The zero-order valence-corrected chi connectivity index (χ0v) is 16.2. The first-order valence-corrected chi connectivity index (χ1v) is 9.64. The molecule has 2 bridgehead atoms. The SMILES string of the molecule is COc1ccc(NC(=O)N[C@H]2[C@H](O)[C@@H](N3CCN(C)CC3)[C@@H]3OC[C@H]2O3)cc1. The third-order valence-corrected chi connectivity index (χ3v) is 5.74. The van der Waals surface area contributed by atoms with E-state index < -0.39 is 18.4 Å². The van der Waals surface area contributed by atoms with Crippen LogP contribution in [0, 0.1) is 0 Å². The first kappa shape index (κ1) is 19.4. The number of nitrogens with one attached hydrogen (secondary N) is 2. The van der Waals surface area contributed by atoms with Crippen LogP contribution in [-0.4, -0.2) is 98.5 Å². The van der Waals surface area contributed by atoms with Crippen molar-refractivity contribution >= 4 is 11.7 Å². The van der Waals surface area contributed by atoms with Crippen molar-refractivity contribution in [2.24, 2.45) is 0 Å². The van der Waals surface area contributed by atoms with E-state index in [9.17, 15) is 9.90 Å². The Morgan fingerprint density at radius 2 is 1.93 bits per heavy atom. The molecule has 5 atom stereocenters. The highest BCUT2D eigenvalue weighted by molar-refractivity contribution is 5.89. The van der Waals surface area contributed by atoms with Crippen molar-refractivity contribution in [1.82, 2.24) is 15.1 Å². The van der Waals surface area contributed by atoms with E-state index in [4.69, 9.17) is 14.2 Å². The number of hydrogen-bond donors (Lipinski definition) is 3. The molecule has 0 saturated carbocycles. The van der Waals surface area contributed by atoms with E-state index in [-0.39, 0.29) is 18.2 Å². The summed E-state index contributed by atoms with van der Waals surface area (Å²) in [4.78, 5) is 17.0. The standard InChI is InChI=1S/C19H28N4O5/c1-22-7-9-23(10-8-22)16-17(24)15(14-11-27-18(16)28-14)21-19(25)20-12-3-5-13(26-2)6-4-12/h3-6,14-18,24H,7-11H2,1-2H3,(H2,20,21,25)/t14-,15-,16-,17+,18-/m1/s1. The van der Waals surface area contributed by atoms with E-state index in [0.29, 0.717) is 18.0 Å². The van der Waals surface area contributed by atoms with E-state index >= 15 is 0 Å². The number of piperazine rings is 1. The molecule has 3 aliphatic heterocycles. The summed E-state index contributed by atoms with van der Waals surface area (Å²) in [7, 11) is 3.68. The van der Waals surface area contributed by atoms with Crippen LogP contribution in [0.5, 0.6) is 5.75 Å². The van der Waals surface area contributed by atoms with E-state index in [0.717, 1.165) is 26.2 Å².